The summed E-state index contributed by atoms with van der Waals surface area (Å²) in [5.41, 5.74) is 13.2. The molecule has 5 aromatic rings. The molecule has 0 bridgehead atoms. The maximum atomic E-state index is 11.4. The topological polar surface area (TPSA) is 270 Å². The fourth-order valence-electron chi connectivity index (χ4n) is 5.38. The molecule has 0 spiro atoms. The summed E-state index contributed by atoms with van der Waals surface area (Å²) in [6, 6.07) is 19.5. The van der Waals surface area contributed by atoms with Gasteiger partial charge in [-0.3, -0.25) is 14.0 Å². The van der Waals surface area contributed by atoms with Gasteiger partial charge in [0.2, 0.25) is 0 Å². The van der Waals surface area contributed by atoms with Gasteiger partial charge in [-0.1, -0.05) is 18.2 Å². The largest absolute Gasteiger partial charge is 0.505 e. The third kappa shape index (κ3) is 9.06. The van der Waals surface area contributed by atoms with Gasteiger partial charge in [-0.15, -0.1) is 5.11 Å². The highest BCUT2D eigenvalue weighted by Crippen LogP contribution is 2.37. The molecule has 0 atom stereocenters. The minimum Gasteiger partial charge on any atom is -0.505 e. The molecule has 0 amide bonds. The van der Waals surface area contributed by atoms with E-state index in [2.05, 4.69) is 25.8 Å². The summed E-state index contributed by atoms with van der Waals surface area (Å²) in [6.07, 6.45) is 0. The molecule has 1 heterocycles. The standard InChI is InChI=1S/C17H13N3O5S.C16H22N4O4S/c18-15-6-7-16(13-5-4-12(9-14(13)15)26(23,24)25)20-19-11-3-1-2-10(8-11)17(21)22;17-15-14(25(22,23)24)9-11-1-2-12(10-13(11)16(15)21)19-5-8-20-6-3-18-4-7-20/h1-9H,18H2,(H,21,22)(H,23,24,25);1-2,9-10,18-19,21H,3-8,17H2,(H,22,23,24). The number of fused-ring (bicyclic) bond motifs is 2. The van der Waals surface area contributed by atoms with Gasteiger partial charge in [-0.05, 0) is 66.0 Å². The van der Waals surface area contributed by atoms with E-state index in [9.17, 15) is 35.8 Å². The fraction of sp³-hybridized carbons (Fsp3) is 0.182. The van der Waals surface area contributed by atoms with Crippen LogP contribution in [0.3, 0.4) is 0 Å². The number of rotatable bonds is 9. The Kier molecular flexibility index (Phi) is 11.0. The Bertz CT molecular complexity index is 2360. The second-order valence-electron chi connectivity index (χ2n) is 11.5. The van der Waals surface area contributed by atoms with Crippen LogP contribution in [0.5, 0.6) is 5.75 Å². The number of carboxylic acid groups (broad SMARTS) is 1. The van der Waals surface area contributed by atoms with Gasteiger partial charge >= 0.3 is 5.97 Å². The fourth-order valence-corrected chi connectivity index (χ4v) is 6.54. The SMILES string of the molecule is Nc1c(S(=O)(=O)O)cc2ccc(NCCN3CCNCC3)cc2c1O.Nc1ccc(N=Nc2cccc(C(=O)O)c2)c2ccc(S(=O)(=O)O)cc12. The Hall–Kier alpha value is -5.37. The number of hydrogen-bond donors (Lipinski definition) is 8. The van der Waals surface area contributed by atoms with Crippen LogP contribution in [0.4, 0.5) is 28.4 Å². The van der Waals surface area contributed by atoms with E-state index in [0.717, 1.165) is 45.0 Å². The quantitative estimate of drug-likeness (QED) is 0.0449. The van der Waals surface area contributed by atoms with Crippen LogP contribution in [0.1, 0.15) is 10.4 Å². The molecule has 1 aliphatic rings. The minimum atomic E-state index is -4.50. The Morgan fingerprint density at radius 2 is 1.59 bits per heavy atom. The van der Waals surface area contributed by atoms with Gasteiger partial charge < -0.3 is 32.3 Å². The van der Waals surface area contributed by atoms with E-state index in [1.807, 2.05) is 0 Å². The molecule has 1 fully saturated rings. The number of aromatic hydroxyl groups is 1. The summed E-state index contributed by atoms with van der Waals surface area (Å²) in [6.45, 7) is 5.71. The highest BCUT2D eigenvalue weighted by Gasteiger charge is 2.20. The van der Waals surface area contributed by atoms with Crippen molar-refractivity contribution in [2.24, 2.45) is 10.2 Å². The van der Waals surface area contributed by atoms with Crippen molar-refractivity contribution in [1.29, 1.82) is 0 Å². The lowest BCUT2D eigenvalue weighted by Gasteiger charge is -2.27. The van der Waals surface area contributed by atoms with Gasteiger partial charge in [0.1, 0.15) is 10.6 Å². The van der Waals surface area contributed by atoms with Crippen molar-refractivity contribution in [1.82, 2.24) is 10.2 Å². The monoisotopic (exact) mass is 737 g/mol. The van der Waals surface area contributed by atoms with Crippen molar-refractivity contribution in [2.75, 3.05) is 56.1 Å². The molecule has 5 aromatic carbocycles. The number of aromatic carboxylic acids is 1. The zero-order chi connectivity index (χ0) is 36.9. The number of phenolic OH excluding ortho intramolecular Hbond substituents is 1. The Labute approximate surface area is 292 Å². The van der Waals surface area contributed by atoms with E-state index >= 15 is 0 Å². The first-order valence-electron chi connectivity index (χ1n) is 15.4. The lowest BCUT2D eigenvalue weighted by Crippen LogP contribution is -2.45. The summed E-state index contributed by atoms with van der Waals surface area (Å²) in [7, 11) is -8.85. The molecule has 16 nitrogen and oxygen atoms in total. The number of nitrogen functional groups attached to an aromatic ring is 2. The molecule has 0 aromatic heterocycles. The third-order valence-corrected chi connectivity index (χ3v) is 9.77. The van der Waals surface area contributed by atoms with Gasteiger partial charge in [0.05, 0.1) is 27.5 Å². The van der Waals surface area contributed by atoms with Gasteiger partial charge in [0.15, 0.2) is 0 Å². The number of hydrogen-bond acceptors (Lipinski definition) is 13. The Morgan fingerprint density at radius 1 is 0.843 bits per heavy atom. The molecule has 268 valence electrons. The highest BCUT2D eigenvalue weighted by molar-refractivity contribution is 7.86. The van der Waals surface area contributed by atoms with Gasteiger partial charge in [0, 0.05) is 66.8 Å². The lowest BCUT2D eigenvalue weighted by atomic mass is 10.1. The molecule has 51 heavy (non-hydrogen) atoms. The van der Waals surface area contributed by atoms with Crippen LogP contribution in [0.2, 0.25) is 0 Å². The Balaban J connectivity index is 0.000000198. The molecular weight excluding hydrogens is 703 g/mol. The number of nitrogens with zero attached hydrogens (tertiary/aromatic N) is 3. The van der Waals surface area contributed by atoms with Crippen LogP contribution in [-0.2, 0) is 20.2 Å². The van der Waals surface area contributed by atoms with Gasteiger partial charge in [-0.2, -0.15) is 21.9 Å². The number of carbonyl (C=O) groups is 1. The number of azo groups is 1. The Morgan fingerprint density at radius 3 is 2.27 bits per heavy atom. The van der Waals surface area contributed by atoms with Crippen LogP contribution in [0.15, 0.2) is 98.9 Å². The first kappa shape index (κ1) is 36.9. The molecule has 0 aliphatic carbocycles. The number of carboxylic acids is 1. The van der Waals surface area contributed by atoms with Gasteiger partial charge in [-0.25, -0.2) is 4.79 Å². The van der Waals surface area contributed by atoms with E-state index in [1.165, 1.54) is 42.5 Å². The summed E-state index contributed by atoms with van der Waals surface area (Å²) < 4.78 is 63.7. The third-order valence-electron chi connectivity index (χ3n) is 8.02. The van der Waals surface area contributed by atoms with E-state index in [0.29, 0.717) is 38.6 Å². The van der Waals surface area contributed by atoms with E-state index in [-0.39, 0.29) is 21.9 Å². The zero-order valence-corrected chi connectivity index (χ0v) is 28.5. The number of nitrogens with one attached hydrogen (secondary N) is 2. The van der Waals surface area contributed by atoms with E-state index < -0.39 is 31.1 Å². The molecule has 0 radical (unpaired) electrons. The van der Waals surface area contributed by atoms with Crippen molar-refractivity contribution >= 4 is 76.2 Å². The van der Waals surface area contributed by atoms with Crippen molar-refractivity contribution < 1.29 is 40.9 Å². The van der Waals surface area contributed by atoms with Crippen LogP contribution in [0, 0.1) is 0 Å². The first-order valence-corrected chi connectivity index (χ1v) is 18.2. The molecule has 1 aliphatic heterocycles. The average Bonchev–Trinajstić information content (AvgIpc) is 3.09. The van der Waals surface area contributed by atoms with E-state index in [1.54, 1.807) is 36.4 Å². The highest BCUT2D eigenvalue weighted by atomic mass is 32.2. The normalized spacial score (nSPS) is 14.0. The molecule has 10 N–H and O–H groups in total. The number of anilines is 3. The summed E-state index contributed by atoms with van der Waals surface area (Å²) in [5.74, 6) is -1.42. The van der Waals surface area contributed by atoms with Crippen LogP contribution < -0.4 is 22.1 Å². The lowest BCUT2D eigenvalue weighted by molar-refractivity contribution is 0.0696. The van der Waals surface area contributed by atoms with Crippen molar-refractivity contribution in [3.63, 3.8) is 0 Å². The molecule has 0 saturated carbocycles. The average molecular weight is 738 g/mol. The zero-order valence-electron chi connectivity index (χ0n) is 26.9. The second-order valence-corrected chi connectivity index (χ2v) is 14.3. The molecule has 1 saturated heterocycles. The number of nitrogens with two attached hydrogens (primary N) is 2. The minimum absolute atomic E-state index is 0.0846. The van der Waals surface area contributed by atoms with Gasteiger partial charge in [0.25, 0.3) is 20.2 Å². The smallest absolute Gasteiger partial charge is 0.335 e. The molecule has 6 rings (SSSR count). The van der Waals surface area contributed by atoms with Crippen molar-refractivity contribution in [2.45, 2.75) is 9.79 Å². The van der Waals surface area contributed by atoms with Crippen LogP contribution in [-0.4, -0.2) is 86.3 Å². The number of piperazine rings is 1. The first-order chi connectivity index (χ1) is 24.1. The number of phenols is 1. The maximum Gasteiger partial charge on any atom is 0.335 e. The molecule has 18 heteroatoms. The van der Waals surface area contributed by atoms with Crippen LogP contribution in [0.25, 0.3) is 21.5 Å². The predicted molar refractivity (Wildman–Crippen MR) is 193 cm³/mol. The second kappa shape index (κ2) is 15.3. The summed E-state index contributed by atoms with van der Waals surface area (Å²) >= 11 is 0. The molecular formula is C33H35N7O9S2. The van der Waals surface area contributed by atoms with Crippen molar-refractivity contribution in [3.8, 4) is 5.75 Å². The summed E-state index contributed by atoms with van der Waals surface area (Å²) in [5, 5.41) is 35.8. The predicted octanol–water partition coefficient (Wildman–Crippen LogP) is 4.47. The summed E-state index contributed by atoms with van der Waals surface area (Å²) in [4.78, 5) is 12.6. The molecule has 0 unspecified atom stereocenters. The van der Waals surface area contributed by atoms with E-state index in [4.69, 9.17) is 16.6 Å². The van der Waals surface area contributed by atoms with Crippen molar-refractivity contribution in [3.05, 3.63) is 84.4 Å². The maximum absolute atomic E-state index is 11.4. The number of benzene rings is 5. The van der Waals surface area contributed by atoms with Crippen LogP contribution >= 0.6 is 0 Å².